The fraction of sp³-hybridized carbons (Fsp3) is 0.0556. The number of allylic oxidation sites excluding steroid dienone is 1. The van der Waals surface area contributed by atoms with Crippen molar-refractivity contribution in [1.29, 1.82) is 0 Å². The van der Waals surface area contributed by atoms with Crippen molar-refractivity contribution in [2.75, 3.05) is 5.75 Å². The quantitative estimate of drug-likeness (QED) is 0.645. The lowest BCUT2D eigenvalue weighted by molar-refractivity contribution is -0.111. The van der Waals surface area contributed by atoms with Gasteiger partial charge in [0.25, 0.3) is 0 Å². The van der Waals surface area contributed by atoms with E-state index in [9.17, 15) is 4.79 Å². The fourth-order valence-corrected chi connectivity index (χ4v) is 3.55. The predicted octanol–water partition coefficient (Wildman–Crippen LogP) is 5.73. The van der Waals surface area contributed by atoms with Crippen molar-refractivity contribution in [2.45, 2.75) is 0 Å². The minimum atomic E-state index is 0.0461. The van der Waals surface area contributed by atoms with E-state index >= 15 is 0 Å². The van der Waals surface area contributed by atoms with E-state index in [4.69, 9.17) is 23.2 Å². The van der Waals surface area contributed by atoms with E-state index in [1.807, 2.05) is 60.7 Å². The lowest BCUT2D eigenvalue weighted by Gasteiger charge is -2.00. The molecule has 0 bridgehead atoms. The number of Topliss-reactive ketones (excluding diaryl/α,β-unsaturated/α-hetero) is 1. The van der Waals surface area contributed by atoms with Crippen LogP contribution in [0.5, 0.6) is 0 Å². The Kier molecular flexibility index (Phi) is 4.72. The van der Waals surface area contributed by atoms with Crippen molar-refractivity contribution in [2.24, 2.45) is 0 Å². The third-order valence-electron chi connectivity index (χ3n) is 3.33. The standard InChI is InChI=1S/C18H12Cl2OS/c19-15-7-3-1-5-12(15)9-14-11-22-17(18(14)21)10-13-6-2-4-8-16(13)20/h1-10H,11H2. The van der Waals surface area contributed by atoms with Crippen LogP contribution in [0, 0.1) is 0 Å². The van der Waals surface area contributed by atoms with Crippen molar-refractivity contribution in [3.05, 3.63) is 80.2 Å². The average molecular weight is 347 g/mol. The van der Waals surface area contributed by atoms with Gasteiger partial charge < -0.3 is 0 Å². The second kappa shape index (κ2) is 6.74. The zero-order valence-corrected chi connectivity index (χ0v) is 13.9. The highest BCUT2D eigenvalue weighted by atomic mass is 35.5. The molecule has 2 aromatic carbocycles. The summed E-state index contributed by atoms with van der Waals surface area (Å²) in [6.45, 7) is 0. The number of ketones is 1. The molecule has 110 valence electrons. The maximum atomic E-state index is 12.5. The molecule has 2 aromatic rings. The number of halogens is 2. The van der Waals surface area contributed by atoms with Gasteiger partial charge in [0.15, 0.2) is 5.78 Å². The first kappa shape index (κ1) is 15.4. The molecule has 22 heavy (non-hydrogen) atoms. The van der Waals surface area contributed by atoms with E-state index in [1.54, 1.807) is 0 Å². The van der Waals surface area contributed by atoms with Gasteiger partial charge in [-0.15, -0.1) is 11.8 Å². The van der Waals surface area contributed by atoms with Crippen LogP contribution in [0.1, 0.15) is 11.1 Å². The van der Waals surface area contributed by atoms with Crippen molar-refractivity contribution in [1.82, 2.24) is 0 Å². The Morgan fingerprint density at radius 3 is 2.00 bits per heavy atom. The van der Waals surface area contributed by atoms with Gasteiger partial charge in [0.2, 0.25) is 0 Å². The Hall–Kier alpha value is -1.48. The molecule has 1 heterocycles. The fourth-order valence-electron chi connectivity index (χ4n) is 2.17. The van der Waals surface area contributed by atoms with Crippen molar-refractivity contribution in [3.63, 3.8) is 0 Å². The van der Waals surface area contributed by atoms with Crippen LogP contribution in [0.3, 0.4) is 0 Å². The van der Waals surface area contributed by atoms with Crippen molar-refractivity contribution in [3.8, 4) is 0 Å². The molecule has 3 rings (SSSR count). The molecule has 1 saturated heterocycles. The van der Waals surface area contributed by atoms with E-state index in [2.05, 4.69) is 0 Å². The van der Waals surface area contributed by atoms with Crippen LogP contribution in [0.2, 0.25) is 10.0 Å². The molecule has 1 aliphatic heterocycles. The molecular weight excluding hydrogens is 335 g/mol. The van der Waals surface area contributed by atoms with Crippen LogP contribution >= 0.6 is 35.0 Å². The van der Waals surface area contributed by atoms with Crippen LogP contribution in [0.4, 0.5) is 0 Å². The molecule has 0 amide bonds. The first-order valence-electron chi connectivity index (χ1n) is 6.74. The Morgan fingerprint density at radius 2 is 1.41 bits per heavy atom. The molecule has 1 aliphatic rings. The largest absolute Gasteiger partial charge is 0.288 e. The summed E-state index contributed by atoms with van der Waals surface area (Å²) < 4.78 is 0. The average Bonchev–Trinajstić information content (AvgIpc) is 2.85. The van der Waals surface area contributed by atoms with Gasteiger partial charge in [-0.05, 0) is 35.4 Å². The van der Waals surface area contributed by atoms with Gasteiger partial charge in [-0.3, -0.25) is 4.79 Å². The van der Waals surface area contributed by atoms with Gasteiger partial charge in [-0.1, -0.05) is 59.6 Å². The zero-order valence-electron chi connectivity index (χ0n) is 11.6. The lowest BCUT2D eigenvalue weighted by atomic mass is 10.1. The smallest absolute Gasteiger partial charge is 0.196 e. The van der Waals surface area contributed by atoms with Gasteiger partial charge in [0.1, 0.15) is 0 Å². The van der Waals surface area contributed by atoms with Gasteiger partial charge in [-0.2, -0.15) is 0 Å². The highest BCUT2D eigenvalue weighted by Gasteiger charge is 2.24. The maximum Gasteiger partial charge on any atom is 0.196 e. The van der Waals surface area contributed by atoms with E-state index in [1.165, 1.54) is 11.8 Å². The Balaban J connectivity index is 1.90. The number of rotatable bonds is 2. The summed E-state index contributed by atoms with van der Waals surface area (Å²) in [5.74, 6) is 0.699. The zero-order chi connectivity index (χ0) is 15.5. The molecule has 0 aromatic heterocycles. The molecule has 4 heteroatoms. The summed E-state index contributed by atoms with van der Waals surface area (Å²) >= 11 is 13.8. The Morgan fingerprint density at radius 1 is 0.864 bits per heavy atom. The highest BCUT2D eigenvalue weighted by molar-refractivity contribution is 8.05. The normalized spacial score (nSPS) is 18.4. The molecule has 0 radical (unpaired) electrons. The molecule has 0 aliphatic carbocycles. The van der Waals surface area contributed by atoms with Crippen LogP contribution < -0.4 is 0 Å². The second-order valence-electron chi connectivity index (χ2n) is 4.84. The minimum Gasteiger partial charge on any atom is -0.288 e. The minimum absolute atomic E-state index is 0.0461. The number of carbonyl (C=O) groups excluding carboxylic acids is 1. The predicted molar refractivity (Wildman–Crippen MR) is 96.3 cm³/mol. The SMILES string of the molecule is O=C1C(=Cc2ccccc2Cl)CSC1=Cc1ccccc1Cl. The summed E-state index contributed by atoms with van der Waals surface area (Å²) in [6, 6.07) is 15.0. The lowest BCUT2D eigenvalue weighted by Crippen LogP contribution is -1.96. The van der Waals surface area contributed by atoms with Gasteiger partial charge in [0, 0.05) is 21.4 Å². The van der Waals surface area contributed by atoms with Crippen LogP contribution in [0.15, 0.2) is 59.0 Å². The molecule has 0 atom stereocenters. The van der Waals surface area contributed by atoms with Crippen molar-refractivity contribution < 1.29 is 4.79 Å². The summed E-state index contributed by atoms with van der Waals surface area (Å²) in [7, 11) is 0. The molecule has 0 N–H and O–H groups in total. The first-order chi connectivity index (χ1) is 10.6. The Bertz CT molecular complexity index is 728. The van der Waals surface area contributed by atoms with E-state index < -0.39 is 0 Å². The number of hydrogen-bond acceptors (Lipinski definition) is 2. The third-order valence-corrected chi connectivity index (χ3v) is 5.08. The molecule has 1 fully saturated rings. The second-order valence-corrected chi connectivity index (χ2v) is 6.67. The molecular formula is C18H12Cl2OS. The maximum absolute atomic E-state index is 12.5. The van der Waals surface area contributed by atoms with Crippen LogP contribution in [-0.2, 0) is 4.79 Å². The first-order valence-corrected chi connectivity index (χ1v) is 8.48. The summed E-state index contributed by atoms with van der Waals surface area (Å²) in [4.78, 5) is 13.2. The van der Waals surface area contributed by atoms with Gasteiger partial charge in [-0.25, -0.2) is 0 Å². The molecule has 0 spiro atoms. The van der Waals surface area contributed by atoms with E-state index in [-0.39, 0.29) is 5.78 Å². The molecule has 0 saturated carbocycles. The monoisotopic (exact) mass is 346 g/mol. The molecule has 0 unspecified atom stereocenters. The number of hydrogen-bond donors (Lipinski definition) is 0. The Labute approximate surface area is 143 Å². The van der Waals surface area contributed by atoms with Gasteiger partial charge in [0.05, 0.1) is 4.91 Å². The molecule has 1 nitrogen and oxygen atoms in total. The van der Waals surface area contributed by atoms with E-state index in [0.717, 1.165) is 16.7 Å². The van der Waals surface area contributed by atoms with Crippen LogP contribution in [-0.4, -0.2) is 11.5 Å². The van der Waals surface area contributed by atoms with Crippen molar-refractivity contribution >= 4 is 52.9 Å². The van der Waals surface area contributed by atoms with Gasteiger partial charge >= 0.3 is 0 Å². The number of carbonyl (C=O) groups is 1. The van der Waals surface area contributed by atoms with Crippen LogP contribution in [0.25, 0.3) is 12.2 Å². The summed E-state index contributed by atoms with van der Waals surface area (Å²) in [5, 5.41) is 1.29. The van der Waals surface area contributed by atoms with E-state index in [0.29, 0.717) is 20.7 Å². The summed E-state index contributed by atoms with van der Waals surface area (Å²) in [5.41, 5.74) is 2.49. The number of benzene rings is 2. The topological polar surface area (TPSA) is 17.1 Å². The third kappa shape index (κ3) is 3.30. The summed E-state index contributed by atoms with van der Waals surface area (Å²) in [6.07, 6.45) is 3.72. The highest BCUT2D eigenvalue weighted by Crippen LogP contribution is 2.35. The number of thioether (sulfide) groups is 1.